The molecule has 0 heterocycles. The molecule has 0 aliphatic rings. The summed E-state index contributed by atoms with van der Waals surface area (Å²) in [5.41, 5.74) is 0.790. The molecule has 0 amide bonds. The fraction of sp³-hybridized carbons (Fsp3) is 0.273. The Hall–Kier alpha value is -0.840. The molecule has 0 saturated carbocycles. The van der Waals surface area contributed by atoms with Crippen LogP contribution < -0.4 is 4.72 Å². The van der Waals surface area contributed by atoms with Crippen LogP contribution in [-0.2, 0) is 10.0 Å². The van der Waals surface area contributed by atoms with E-state index >= 15 is 0 Å². The van der Waals surface area contributed by atoms with Gasteiger partial charge in [-0.1, -0.05) is 23.7 Å². The van der Waals surface area contributed by atoms with Gasteiger partial charge in [0.05, 0.1) is 0 Å². The number of hydrogen-bond donors (Lipinski definition) is 1. The van der Waals surface area contributed by atoms with Crippen molar-refractivity contribution >= 4 is 27.7 Å². The average molecular weight is 260 g/mol. The van der Waals surface area contributed by atoms with Crippen molar-refractivity contribution < 1.29 is 8.42 Å². The van der Waals surface area contributed by atoms with Crippen LogP contribution in [0.3, 0.4) is 0 Å². The SMILES string of the molecule is CC(C)NS(=O)(=O)/C=C/c1ccc(Cl)cc1. The van der Waals surface area contributed by atoms with Gasteiger partial charge in [0.2, 0.25) is 10.0 Å². The highest BCUT2D eigenvalue weighted by Crippen LogP contribution is 2.11. The first-order valence-corrected chi connectivity index (χ1v) is 6.77. The first kappa shape index (κ1) is 13.2. The van der Waals surface area contributed by atoms with Crippen molar-refractivity contribution in [3.63, 3.8) is 0 Å². The van der Waals surface area contributed by atoms with Crippen molar-refractivity contribution in [2.75, 3.05) is 0 Å². The molecule has 0 fully saturated rings. The summed E-state index contributed by atoms with van der Waals surface area (Å²) in [6.45, 7) is 3.54. The normalized spacial score (nSPS) is 12.5. The van der Waals surface area contributed by atoms with E-state index in [0.717, 1.165) is 11.0 Å². The predicted molar refractivity (Wildman–Crippen MR) is 67.7 cm³/mol. The van der Waals surface area contributed by atoms with Gasteiger partial charge in [-0.05, 0) is 37.6 Å². The van der Waals surface area contributed by atoms with Crippen LogP contribution in [0.15, 0.2) is 29.7 Å². The molecular weight excluding hydrogens is 246 g/mol. The molecule has 0 aromatic heterocycles. The van der Waals surface area contributed by atoms with Crippen LogP contribution in [0, 0.1) is 0 Å². The van der Waals surface area contributed by atoms with Gasteiger partial charge in [-0.25, -0.2) is 13.1 Å². The first-order valence-electron chi connectivity index (χ1n) is 4.85. The average Bonchev–Trinajstić information content (AvgIpc) is 2.15. The lowest BCUT2D eigenvalue weighted by atomic mass is 10.2. The number of halogens is 1. The molecule has 0 atom stereocenters. The molecule has 88 valence electrons. The van der Waals surface area contributed by atoms with Crippen molar-refractivity contribution in [1.29, 1.82) is 0 Å². The second-order valence-corrected chi connectivity index (χ2v) is 5.71. The molecular formula is C11H14ClNO2S. The molecule has 0 radical (unpaired) electrons. The monoisotopic (exact) mass is 259 g/mol. The van der Waals surface area contributed by atoms with Crippen molar-refractivity contribution in [3.8, 4) is 0 Å². The van der Waals surface area contributed by atoms with Gasteiger partial charge in [0.25, 0.3) is 0 Å². The van der Waals surface area contributed by atoms with E-state index in [1.54, 1.807) is 38.1 Å². The zero-order chi connectivity index (χ0) is 12.2. The number of hydrogen-bond acceptors (Lipinski definition) is 2. The Balaban J connectivity index is 2.77. The standard InChI is InChI=1S/C11H14ClNO2S/c1-9(2)13-16(14,15)8-7-10-3-5-11(12)6-4-10/h3-9,13H,1-2H3/b8-7+. The maximum atomic E-state index is 11.5. The molecule has 0 aliphatic carbocycles. The highest BCUT2D eigenvalue weighted by molar-refractivity contribution is 7.92. The smallest absolute Gasteiger partial charge is 0.209 e. The minimum Gasteiger partial charge on any atom is -0.209 e. The van der Waals surface area contributed by atoms with Crippen LogP contribution in [0.4, 0.5) is 0 Å². The number of sulfonamides is 1. The number of nitrogens with one attached hydrogen (secondary N) is 1. The van der Waals surface area contributed by atoms with Gasteiger partial charge in [-0.3, -0.25) is 0 Å². The van der Waals surface area contributed by atoms with Crippen LogP contribution in [-0.4, -0.2) is 14.5 Å². The Morgan fingerprint density at radius 3 is 2.31 bits per heavy atom. The van der Waals surface area contributed by atoms with E-state index in [0.29, 0.717) is 5.02 Å². The Morgan fingerprint density at radius 2 is 1.81 bits per heavy atom. The van der Waals surface area contributed by atoms with Gasteiger partial charge < -0.3 is 0 Å². The summed E-state index contributed by atoms with van der Waals surface area (Å²) < 4.78 is 25.4. The van der Waals surface area contributed by atoms with Gasteiger partial charge in [-0.15, -0.1) is 0 Å². The van der Waals surface area contributed by atoms with E-state index in [1.165, 1.54) is 6.08 Å². The lowest BCUT2D eigenvalue weighted by Crippen LogP contribution is -2.28. The fourth-order valence-electron chi connectivity index (χ4n) is 1.11. The second kappa shape index (κ2) is 5.48. The minimum absolute atomic E-state index is 0.111. The minimum atomic E-state index is -3.35. The first-order chi connectivity index (χ1) is 7.39. The third-order valence-corrected chi connectivity index (χ3v) is 3.26. The van der Waals surface area contributed by atoms with Crippen LogP contribution in [0.2, 0.25) is 5.02 Å². The van der Waals surface area contributed by atoms with Crippen LogP contribution >= 0.6 is 11.6 Å². The van der Waals surface area contributed by atoms with Crippen molar-refractivity contribution in [2.45, 2.75) is 19.9 Å². The fourth-order valence-corrected chi connectivity index (χ4v) is 2.31. The van der Waals surface area contributed by atoms with E-state index in [-0.39, 0.29) is 6.04 Å². The summed E-state index contributed by atoms with van der Waals surface area (Å²) in [5, 5.41) is 1.77. The van der Waals surface area contributed by atoms with E-state index in [9.17, 15) is 8.42 Å². The van der Waals surface area contributed by atoms with Crippen LogP contribution in [0.25, 0.3) is 6.08 Å². The Morgan fingerprint density at radius 1 is 1.25 bits per heavy atom. The second-order valence-electron chi connectivity index (χ2n) is 3.67. The van der Waals surface area contributed by atoms with E-state index in [1.807, 2.05) is 0 Å². The third kappa shape index (κ3) is 4.79. The van der Waals surface area contributed by atoms with Gasteiger partial charge in [0.15, 0.2) is 0 Å². The van der Waals surface area contributed by atoms with Crippen molar-refractivity contribution in [1.82, 2.24) is 4.72 Å². The molecule has 5 heteroatoms. The van der Waals surface area contributed by atoms with Crippen LogP contribution in [0.5, 0.6) is 0 Å². The van der Waals surface area contributed by atoms with Crippen molar-refractivity contribution in [2.24, 2.45) is 0 Å². The predicted octanol–water partition coefficient (Wildman–Crippen LogP) is 2.64. The molecule has 1 N–H and O–H groups in total. The molecule has 16 heavy (non-hydrogen) atoms. The summed E-state index contributed by atoms with van der Waals surface area (Å²) >= 11 is 5.72. The molecule has 0 saturated heterocycles. The summed E-state index contributed by atoms with van der Waals surface area (Å²) in [6, 6.07) is 6.82. The van der Waals surface area contributed by atoms with Gasteiger partial charge >= 0.3 is 0 Å². The summed E-state index contributed by atoms with van der Waals surface area (Å²) in [5.74, 6) is 0. The maximum Gasteiger partial charge on any atom is 0.233 e. The maximum absolute atomic E-state index is 11.5. The van der Waals surface area contributed by atoms with E-state index in [4.69, 9.17) is 11.6 Å². The Kier molecular flexibility index (Phi) is 4.53. The molecule has 1 aromatic rings. The van der Waals surface area contributed by atoms with Gasteiger partial charge in [0, 0.05) is 16.5 Å². The lowest BCUT2D eigenvalue weighted by molar-refractivity contribution is 0.579. The number of rotatable bonds is 4. The zero-order valence-corrected chi connectivity index (χ0v) is 10.7. The van der Waals surface area contributed by atoms with E-state index < -0.39 is 10.0 Å². The Labute approximate surface area is 101 Å². The molecule has 1 rings (SSSR count). The lowest BCUT2D eigenvalue weighted by Gasteiger charge is -2.04. The van der Waals surface area contributed by atoms with Crippen LogP contribution in [0.1, 0.15) is 19.4 Å². The van der Waals surface area contributed by atoms with Crippen molar-refractivity contribution in [3.05, 3.63) is 40.3 Å². The van der Waals surface area contributed by atoms with E-state index in [2.05, 4.69) is 4.72 Å². The number of benzene rings is 1. The highest BCUT2D eigenvalue weighted by atomic mass is 35.5. The van der Waals surface area contributed by atoms with Gasteiger partial charge in [-0.2, -0.15) is 0 Å². The summed E-state index contributed by atoms with van der Waals surface area (Å²) in [4.78, 5) is 0. The molecule has 3 nitrogen and oxygen atoms in total. The molecule has 1 aromatic carbocycles. The molecule has 0 spiro atoms. The zero-order valence-electron chi connectivity index (χ0n) is 9.14. The largest absolute Gasteiger partial charge is 0.233 e. The summed E-state index contributed by atoms with van der Waals surface area (Å²) in [7, 11) is -3.35. The highest BCUT2D eigenvalue weighted by Gasteiger charge is 2.06. The quantitative estimate of drug-likeness (QED) is 0.904. The molecule has 0 bridgehead atoms. The third-order valence-electron chi connectivity index (χ3n) is 1.71. The Bertz CT molecular complexity index is 463. The van der Waals surface area contributed by atoms with Gasteiger partial charge in [0.1, 0.15) is 0 Å². The summed E-state index contributed by atoms with van der Waals surface area (Å²) in [6.07, 6.45) is 1.53. The molecule has 0 unspecified atom stereocenters. The molecule has 0 aliphatic heterocycles. The topological polar surface area (TPSA) is 46.2 Å².